The Bertz CT molecular complexity index is 585. The van der Waals surface area contributed by atoms with Crippen LogP contribution in [0.1, 0.15) is 0 Å². The van der Waals surface area contributed by atoms with Crippen LogP contribution < -0.4 is 14.8 Å². The smallest absolute Gasteiger partial charge is 0.161 e. The van der Waals surface area contributed by atoms with E-state index in [1.807, 2.05) is 32.3 Å². The molecule has 1 aromatic heterocycles. The first-order chi connectivity index (χ1) is 9.65. The molecule has 1 N–H and O–H groups in total. The third-order valence-electron chi connectivity index (χ3n) is 3.12. The first-order valence-corrected chi connectivity index (χ1v) is 6.55. The summed E-state index contributed by atoms with van der Waals surface area (Å²) < 4.78 is 10.7. The van der Waals surface area contributed by atoms with E-state index in [1.54, 1.807) is 20.4 Å². The van der Waals surface area contributed by atoms with Gasteiger partial charge in [0.15, 0.2) is 11.5 Å². The number of pyridine rings is 1. The minimum absolute atomic E-state index is 0.712. The molecule has 20 heavy (non-hydrogen) atoms. The zero-order valence-electron chi connectivity index (χ0n) is 12.4. The van der Waals surface area contributed by atoms with Crippen LogP contribution in [-0.2, 0) is 0 Å². The van der Waals surface area contributed by atoms with E-state index < -0.39 is 0 Å². The predicted molar refractivity (Wildman–Crippen MR) is 81.9 cm³/mol. The Balaban J connectivity index is 2.35. The van der Waals surface area contributed by atoms with E-state index in [4.69, 9.17) is 9.47 Å². The van der Waals surface area contributed by atoms with E-state index in [2.05, 4.69) is 15.2 Å². The van der Waals surface area contributed by atoms with Crippen molar-refractivity contribution in [1.29, 1.82) is 0 Å². The van der Waals surface area contributed by atoms with Crippen molar-refractivity contribution >= 4 is 16.6 Å². The molecule has 0 unspecified atom stereocenters. The molecule has 1 aromatic carbocycles. The minimum Gasteiger partial charge on any atom is -0.493 e. The Labute approximate surface area is 119 Å². The molecule has 0 spiro atoms. The maximum atomic E-state index is 5.35. The molecule has 0 atom stereocenters. The Morgan fingerprint density at radius 1 is 1.15 bits per heavy atom. The van der Waals surface area contributed by atoms with E-state index in [9.17, 15) is 0 Å². The largest absolute Gasteiger partial charge is 0.493 e. The number of rotatable bonds is 6. The SMILES string of the molecule is COc1cc2ccnc(NCCN(C)C)c2cc1OC. The molecule has 5 heteroatoms. The zero-order chi connectivity index (χ0) is 14.5. The second kappa shape index (κ2) is 6.43. The van der Waals surface area contributed by atoms with E-state index >= 15 is 0 Å². The van der Waals surface area contributed by atoms with Crippen LogP contribution >= 0.6 is 0 Å². The summed E-state index contributed by atoms with van der Waals surface area (Å²) in [4.78, 5) is 6.54. The van der Waals surface area contributed by atoms with Crippen LogP contribution in [0.5, 0.6) is 11.5 Å². The van der Waals surface area contributed by atoms with Crippen LogP contribution in [0.2, 0.25) is 0 Å². The first-order valence-electron chi connectivity index (χ1n) is 6.55. The monoisotopic (exact) mass is 275 g/mol. The van der Waals surface area contributed by atoms with Crippen LogP contribution in [0.25, 0.3) is 10.8 Å². The summed E-state index contributed by atoms with van der Waals surface area (Å²) in [5, 5.41) is 5.46. The molecular weight excluding hydrogens is 254 g/mol. The highest BCUT2D eigenvalue weighted by Crippen LogP contribution is 2.34. The second-order valence-corrected chi connectivity index (χ2v) is 4.82. The number of nitrogens with one attached hydrogen (secondary N) is 1. The highest BCUT2D eigenvalue weighted by Gasteiger charge is 2.09. The summed E-state index contributed by atoms with van der Waals surface area (Å²) >= 11 is 0. The first kappa shape index (κ1) is 14.4. The fourth-order valence-corrected chi connectivity index (χ4v) is 2.04. The van der Waals surface area contributed by atoms with Crippen molar-refractivity contribution in [2.75, 3.05) is 46.7 Å². The standard InChI is InChI=1S/C15H21N3O2/c1-18(2)8-7-17-15-12-10-14(20-4)13(19-3)9-11(12)5-6-16-15/h5-6,9-10H,7-8H2,1-4H3,(H,16,17). The molecule has 108 valence electrons. The maximum Gasteiger partial charge on any atom is 0.161 e. The molecule has 0 bridgehead atoms. The van der Waals surface area contributed by atoms with Crippen molar-refractivity contribution in [1.82, 2.24) is 9.88 Å². The summed E-state index contributed by atoms with van der Waals surface area (Å²) in [6.07, 6.45) is 1.80. The van der Waals surface area contributed by atoms with E-state index in [1.165, 1.54) is 0 Å². The van der Waals surface area contributed by atoms with Gasteiger partial charge in [-0.1, -0.05) is 0 Å². The van der Waals surface area contributed by atoms with Crippen molar-refractivity contribution in [3.63, 3.8) is 0 Å². The van der Waals surface area contributed by atoms with Gasteiger partial charge in [0, 0.05) is 24.7 Å². The van der Waals surface area contributed by atoms with Crippen LogP contribution in [0.15, 0.2) is 24.4 Å². The number of hydrogen-bond donors (Lipinski definition) is 1. The van der Waals surface area contributed by atoms with E-state index in [0.29, 0.717) is 5.75 Å². The normalized spacial score (nSPS) is 10.8. The van der Waals surface area contributed by atoms with Gasteiger partial charge in [-0.2, -0.15) is 0 Å². The highest BCUT2D eigenvalue weighted by atomic mass is 16.5. The zero-order valence-corrected chi connectivity index (χ0v) is 12.4. The number of nitrogens with zero attached hydrogens (tertiary/aromatic N) is 2. The molecule has 5 nitrogen and oxygen atoms in total. The molecule has 0 amide bonds. The van der Waals surface area contributed by atoms with Crippen molar-refractivity contribution in [3.05, 3.63) is 24.4 Å². The molecule has 0 fully saturated rings. The quantitative estimate of drug-likeness (QED) is 0.876. The molecule has 2 aromatic rings. The lowest BCUT2D eigenvalue weighted by atomic mass is 10.1. The summed E-state index contributed by atoms with van der Waals surface area (Å²) in [5.74, 6) is 2.31. The van der Waals surface area contributed by atoms with Crippen LogP contribution in [-0.4, -0.2) is 51.3 Å². The molecule has 0 saturated heterocycles. The van der Waals surface area contributed by atoms with Crippen molar-refractivity contribution < 1.29 is 9.47 Å². The number of aromatic nitrogens is 1. The van der Waals surface area contributed by atoms with Gasteiger partial charge in [-0.25, -0.2) is 4.98 Å². The van der Waals surface area contributed by atoms with Crippen LogP contribution in [0.3, 0.4) is 0 Å². The summed E-state index contributed by atoms with van der Waals surface area (Å²) in [7, 11) is 7.37. The van der Waals surface area contributed by atoms with Gasteiger partial charge in [0.1, 0.15) is 5.82 Å². The lowest BCUT2D eigenvalue weighted by Gasteiger charge is -2.14. The average Bonchev–Trinajstić information content (AvgIpc) is 2.45. The van der Waals surface area contributed by atoms with Crippen molar-refractivity contribution in [2.45, 2.75) is 0 Å². The fraction of sp³-hybridized carbons (Fsp3) is 0.400. The Hall–Kier alpha value is -2.01. The van der Waals surface area contributed by atoms with Crippen molar-refractivity contribution in [2.24, 2.45) is 0 Å². The van der Waals surface area contributed by atoms with E-state index in [-0.39, 0.29) is 0 Å². The Kier molecular flexibility index (Phi) is 4.63. The third-order valence-corrected chi connectivity index (χ3v) is 3.12. The van der Waals surface area contributed by atoms with E-state index in [0.717, 1.165) is 35.4 Å². The van der Waals surface area contributed by atoms with Crippen molar-refractivity contribution in [3.8, 4) is 11.5 Å². The number of methoxy groups -OCH3 is 2. The van der Waals surface area contributed by atoms with Crippen LogP contribution in [0.4, 0.5) is 5.82 Å². The molecule has 0 aliphatic carbocycles. The molecule has 0 aliphatic rings. The number of fused-ring (bicyclic) bond motifs is 1. The number of hydrogen-bond acceptors (Lipinski definition) is 5. The second-order valence-electron chi connectivity index (χ2n) is 4.82. The molecule has 0 aliphatic heterocycles. The number of ether oxygens (including phenoxy) is 2. The Morgan fingerprint density at radius 3 is 2.50 bits per heavy atom. The van der Waals surface area contributed by atoms with Gasteiger partial charge in [0.05, 0.1) is 14.2 Å². The van der Waals surface area contributed by atoms with Gasteiger partial charge in [0.25, 0.3) is 0 Å². The van der Waals surface area contributed by atoms with Gasteiger partial charge in [0.2, 0.25) is 0 Å². The molecule has 2 rings (SSSR count). The third kappa shape index (κ3) is 3.11. The summed E-state index contributed by atoms with van der Waals surface area (Å²) in [6.45, 7) is 1.79. The minimum atomic E-state index is 0.712. The average molecular weight is 275 g/mol. The van der Waals surface area contributed by atoms with Gasteiger partial charge < -0.3 is 19.7 Å². The molecular formula is C15H21N3O2. The van der Waals surface area contributed by atoms with Gasteiger partial charge in [-0.15, -0.1) is 0 Å². The van der Waals surface area contributed by atoms with Gasteiger partial charge in [-0.05, 0) is 37.7 Å². The number of benzene rings is 1. The summed E-state index contributed by atoms with van der Waals surface area (Å²) in [5.41, 5.74) is 0. The lowest BCUT2D eigenvalue weighted by molar-refractivity contribution is 0.356. The molecule has 0 radical (unpaired) electrons. The Morgan fingerprint density at radius 2 is 1.85 bits per heavy atom. The lowest BCUT2D eigenvalue weighted by Crippen LogP contribution is -2.21. The van der Waals surface area contributed by atoms with Gasteiger partial charge in [-0.3, -0.25) is 0 Å². The fourth-order valence-electron chi connectivity index (χ4n) is 2.04. The number of likely N-dealkylation sites (N-methyl/N-ethyl adjacent to an activating group) is 1. The van der Waals surface area contributed by atoms with Gasteiger partial charge >= 0.3 is 0 Å². The predicted octanol–water partition coefficient (Wildman–Crippen LogP) is 2.23. The van der Waals surface area contributed by atoms with Crippen LogP contribution in [0, 0.1) is 0 Å². The summed E-state index contributed by atoms with van der Waals surface area (Å²) in [6, 6.07) is 5.89. The molecule has 1 heterocycles. The topological polar surface area (TPSA) is 46.6 Å². The molecule has 0 saturated carbocycles. The maximum absolute atomic E-state index is 5.35. The number of anilines is 1. The highest BCUT2D eigenvalue weighted by molar-refractivity contribution is 5.94.